The molecule has 0 fully saturated rings. The van der Waals surface area contributed by atoms with Crippen molar-refractivity contribution in [1.29, 1.82) is 0 Å². The third kappa shape index (κ3) is 2.20. The van der Waals surface area contributed by atoms with Gasteiger partial charge >= 0.3 is 0 Å². The minimum Gasteiger partial charge on any atom is -0.506 e. The molecule has 0 saturated heterocycles. The third-order valence-corrected chi connectivity index (χ3v) is 5.14. The van der Waals surface area contributed by atoms with Crippen molar-refractivity contribution in [2.75, 3.05) is 0 Å². The van der Waals surface area contributed by atoms with Gasteiger partial charge in [-0.25, -0.2) is 4.98 Å². The minimum absolute atomic E-state index is 0.300. The fourth-order valence-corrected chi connectivity index (χ4v) is 3.83. The van der Waals surface area contributed by atoms with Crippen molar-refractivity contribution in [3.8, 4) is 5.75 Å². The lowest BCUT2D eigenvalue weighted by molar-refractivity contribution is 0.483. The second kappa shape index (κ2) is 4.95. The number of hydrogen-bond acceptors (Lipinski definition) is 5. The lowest BCUT2D eigenvalue weighted by Gasteiger charge is -1.93. The summed E-state index contributed by atoms with van der Waals surface area (Å²) >= 11 is 3.15. The molecule has 0 aliphatic heterocycles. The average molecular weight is 310 g/mol. The maximum Gasteiger partial charge on any atom is 0.142 e. The first-order chi connectivity index (χ1) is 10.3. The van der Waals surface area contributed by atoms with Crippen LogP contribution in [0.5, 0.6) is 5.75 Å². The van der Waals surface area contributed by atoms with E-state index >= 15 is 0 Å². The number of thiophene rings is 1. The molecule has 2 aromatic heterocycles. The maximum atomic E-state index is 10.2. The zero-order valence-electron chi connectivity index (χ0n) is 10.9. The number of fused-ring (bicyclic) bond motifs is 2. The van der Waals surface area contributed by atoms with E-state index in [1.54, 1.807) is 17.6 Å². The SMILES string of the molecule is Oc1c(C=Nc2ccc3scnc3c2)sc2ccccc12. The molecule has 0 bridgehead atoms. The van der Waals surface area contributed by atoms with Gasteiger partial charge in [-0.05, 0) is 30.3 Å². The summed E-state index contributed by atoms with van der Waals surface area (Å²) in [4.78, 5) is 9.51. The molecule has 0 radical (unpaired) electrons. The van der Waals surface area contributed by atoms with Crippen molar-refractivity contribution in [3.05, 3.63) is 52.9 Å². The first kappa shape index (κ1) is 12.5. The maximum absolute atomic E-state index is 10.2. The number of aromatic hydroxyl groups is 1. The summed E-state index contributed by atoms with van der Waals surface area (Å²) in [5.74, 6) is 0.300. The molecule has 0 atom stereocenters. The van der Waals surface area contributed by atoms with Crippen LogP contribution in [-0.2, 0) is 0 Å². The zero-order valence-corrected chi connectivity index (χ0v) is 12.5. The van der Waals surface area contributed by atoms with Crippen molar-refractivity contribution in [2.45, 2.75) is 0 Å². The van der Waals surface area contributed by atoms with Gasteiger partial charge in [0.15, 0.2) is 0 Å². The summed E-state index contributed by atoms with van der Waals surface area (Å²) in [6.07, 6.45) is 1.72. The van der Waals surface area contributed by atoms with Gasteiger partial charge in [0.25, 0.3) is 0 Å². The van der Waals surface area contributed by atoms with Gasteiger partial charge in [-0.3, -0.25) is 4.99 Å². The van der Waals surface area contributed by atoms with Crippen LogP contribution in [0.3, 0.4) is 0 Å². The molecule has 0 unspecified atom stereocenters. The highest BCUT2D eigenvalue weighted by atomic mass is 32.1. The molecule has 1 N–H and O–H groups in total. The van der Waals surface area contributed by atoms with E-state index in [1.807, 2.05) is 48.0 Å². The Bertz CT molecular complexity index is 969. The molecule has 2 aromatic carbocycles. The van der Waals surface area contributed by atoms with E-state index in [9.17, 15) is 5.11 Å². The molecule has 4 rings (SSSR count). The normalized spacial score (nSPS) is 11.8. The number of aromatic nitrogens is 1. The third-order valence-electron chi connectivity index (χ3n) is 3.24. The molecule has 0 saturated carbocycles. The van der Waals surface area contributed by atoms with E-state index in [1.165, 1.54) is 11.3 Å². The van der Waals surface area contributed by atoms with Crippen LogP contribution in [0.25, 0.3) is 20.3 Å². The van der Waals surface area contributed by atoms with Crippen molar-refractivity contribution < 1.29 is 5.11 Å². The van der Waals surface area contributed by atoms with Gasteiger partial charge in [-0.15, -0.1) is 22.7 Å². The predicted octanol–water partition coefficient (Wildman–Crippen LogP) is 4.97. The second-order valence-electron chi connectivity index (χ2n) is 4.57. The number of benzene rings is 2. The van der Waals surface area contributed by atoms with Crippen molar-refractivity contribution >= 4 is 54.9 Å². The summed E-state index contributed by atoms with van der Waals surface area (Å²) in [7, 11) is 0. The van der Waals surface area contributed by atoms with Crippen molar-refractivity contribution in [3.63, 3.8) is 0 Å². The number of rotatable bonds is 2. The first-order valence-electron chi connectivity index (χ1n) is 6.39. The highest BCUT2D eigenvalue weighted by Crippen LogP contribution is 2.35. The number of aliphatic imine (C=N–C) groups is 1. The Hall–Kier alpha value is -2.24. The van der Waals surface area contributed by atoms with Gasteiger partial charge in [0, 0.05) is 16.3 Å². The Morgan fingerprint density at radius 2 is 2.00 bits per heavy atom. The van der Waals surface area contributed by atoms with Gasteiger partial charge in [0.1, 0.15) is 5.75 Å². The molecule has 2 heterocycles. The second-order valence-corrected chi connectivity index (χ2v) is 6.54. The van der Waals surface area contributed by atoms with E-state index < -0.39 is 0 Å². The Morgan fingerprint density at radius 3 is 2.90 bits per heavy atom. The highest BCUT2D eigenvalue weighted by Gasteiger charge is 2.08. The van der Waals surface area contributed by atoms with E-state index in [4.69, 9.17) is 0 Å². The number of nitrogens with zero attached hydrogens (tertiary/aromatic N) is 2. The van der Waals surface area contributed by atoms with E-state index in [-0.39, 0.29) is 0 Å². The van der Waals surface area contributed by atoms with E-state index in [0.717, 1.165) is 30.9 Å². The standard InChI is InChI=1S/C16H10N2OS2/c19-16-11-3-1-2-4-13(11)21-15(16)8-17-10-5-6-14-12(7-10)18-9-20-14/h1-9,19H. The number of hydrogen-bond donors (Lipinski definition) is 1. The molecule has 5 heteroatoms. The lowest BCUT2D eigenvalue weighted by atomic mass is 10.2. The summed E-state index contributed by atoms with van der Waals surface area (Å²) < 4.78 is 2.21. The summed E-state index contributed by atoms with van der Waals surface area (Å²) in [5.41, 5.74) is 3.62. The molecule has 0 amide bonds. The van der Waals surface area contributed by atoms with Gasteiger partial charge < -0.3 is 5.11 Å². The topological polar surface area (TPSA) is 45.5 Å². The molecular formula is C16H10N2OS2. The molecular weight excluding hydrogens is 300 g/mol. The molecule has 4 aromatic rings. The summed E-state index contributed by atoms with van der Waals surface area (Å²) in [6.45, 7) is 0. The van der Waals surface area contributed by atoms with Crippen LogP contribution >= 0.6 is 22.7 Å². The van der Waals surface area contributed by atoms with Gasteiger partial charge in [0.05, 0.1) is 26.3 Å². The van der Waals surface area contributed by atoms with Crippen molar-refractivity contribution in [1.82, 2.24) is 4.98 Å². The molecule has 21 heavy (non-hydrogen) atoms. The quantitative estimate of drug-likeness (QED) is 0.531. The Morgan fingerprint density at radius 1 is 1.10 bits per heavy atom. The van der Waals surface area contributed by atoms with Gasteiger partial charge in [-0.2, -0.15) is 0 Å². The van der Waals surface area contributed by atoms with Crippen LogP contribution in [0.4, 0.5) is 5.69 Å². The first-order valence-corrected chi connectivity index (χ1v) is 8.09. The minimum atomic E-state index is 0.300. The monoisotopic (exact) mass is 310 g/mol. The Kier molecular flexibility index (Phi) is 2.94. The van der Waals surface area contributed by atoms with Gasteiger partial charge in [-0.1, -0.05) is 12.1 Å². The fourth-order valence-electron chi connectivity index (χ4n) is 2.20. The van der Waals surface area contributed by atoms with E-state index in [0.29, 0.717) is 5.75 Å². The zero-order chi connectivity index (χ0) is 14.2. The summed E-state index contributed by atoms with van der Waals surface area (Å²) in [5, 5.41) is 11.1. The van der Waals surface area contributed by atoms with E-state index in [2.05, 4.69) is 9.98 Å². The smallest absolute Gasteiger partial charge is 0.142 e. The van der Waals surface area contributed by atoms with Crippen LogP contribution in [0.2, 0.25) is 0 Å². The predicted molar refractivity (Wildman–Crippen MR) is 90.4 cm³/mol. The van der Waals surface area contributed by atoms with Gasteiger partial charge in [0.2, 0.25) is 0 Å². The molecule has 3 nitrogen and oxygen atoms in total. The van der Waals surface area contributed by atoms with Crippen LogP contribution < -0.4 is 0 Å². The largest absolute Gasteiger partial charge is 0.506 e. The summed E-state index contributed by atoms with van der Waals surface area (Å²) in [6, 6.07) is 13.7. The Labute approximate surface area is 128 Å². The molecule has 0 aliphatic rings. The molecule has 0 aliphatic carbocycles. The van der Waals surface area contributed by atoms with Crippen LogP contribution in [0, 0.1) is 0 Å². The van der Waals surface area contributed by atoms with Crippen LogP contribution in [0.15, 0.2) is 53.0 Å². The highest BCUT2D eigenvalue weighted by molar-refractivity contribution is 7.21. The fraction of sp³-hybridized carbons (Fsp3) is 0. The van der Waals surface area contributed by atoms with Crippen molar-refractivity contribution in [2.24, 2.45) is 4.99 Å². The molecule has 102 valence electrons. The Balaban J connectivity index is 1.74. The molecule has 0 spiro atoms. The van der Waals surface area contributed by atoms with Crippen LogP contribution in [-0.4, -0.2) is 16.3 Å². The van der Waals surface area contributed by atoms with Crippen LogP contribution in [0.1, 0.15) is 4.88 Å². The lowest BCUT2D eigenvalue weighted by Crippen LogP contribution is -1.74. The number of thiazole rings is 1. The average Bonchev–Trinajstić information content (AvgIpc) is 3.10.